The molecular formula is C41H40IrN2OSi-2. The number of hydrogen-bond donors (Lipinski definition) is 0. The van der Waals surface area contributed by atoms with Crippen LogP contribution in [0.15, 0.2) is 108 Å². The van der Waals surface area contributed by atoms with Crippen LogP contribution in [0.4, 0.5) is 0 Å². The van der Waals surface area contributed by atoms with Gasteiger partial charge in [0.2, 0.25) is 0 Å². The average Bonchev–Trinajstić information content (AvgIpc) is 3.41. The first-order valence-electron chi connectivity index (χ1n) is 17.3. The molecule has 0 saturated carbocycles. The Morgan fingerprint density at radius 3 is 2.20 bits per heavy atom. The van der Waals surface area contributed by atoms with Crippen LogP contribution < -0.4 is 5.19 Å². The van der Waals surface area contributed by atoms with Crippen molar-refractivity contribution in [2.75, 3.05) is 0 Å². The Labute approximate surface area is 293 Å². The number of furan rings is 1. The van der Waals surface area contributed by atoms with Gasteiger partial charge in [0.05, 0.1) is 16.4 Å². The normalized spacial score (nSPS) is 13.3. The third kappa shape index (κ3) is 6.93. The molecule has 0 amide bonds. The van der Waals surface area contributed by atoms with E-state index in [1.165, 1.54) is 5.19 Å². The van der Waals surface area contributed by atoms with Crippen LogP contribution in [0.3, 0.4) is 0 Å². The molecule has 3 nitrogen and oxygen atoms in total. The minimum atomic E-state index is -1.50. The molecule has 46 heavy (non-hydrogen) atoms. The summed E-state index contributed by atoms with van der Waals surface area (Å²) in [5.41, 5.74) is 6.01. The number of hydrogen-bond acceptors (Lipinski definition) is 3. The molecule has 235 valence electrons. The van der Waals surface area contributed by atoms with E-state index in [4.69, 9.17) is 9.90 Å². The summed E-state index contributed by atoms with van der Waals surface area (Å²) in [5.74, 6) is -1.62. The van der Waals surface area contributed by atoms with Crippen LogP contribution >= 0.6 is 0 Å². The standard InChI is InChI=1S/C24H18NO.C17H22NSi.Ir/c1-15(2)16-10-11-25-22(13-16)20-9-5-8-19-21-12-17-6-3-4-7-18(17)14-23(21)26-24(19)20;1-13(2)15-11-16(14-9-7-6-8-10-14)18-12-17(15)19(3,4)5;/h3-8,10-15H,1-2H3;6-9,11-13H,1-5H3;/q2*-1;/i10D,11D,15D;13D;. The molecule has 0 atom stereocenters. The van der Waals surface area contributed by atoms with Gasteiger partial charge in [-0.05, 0) is 57.3 Å². The topological polar surface area (TPSA) is 38.9 Å². The van der Waals surface area contributed by atoms with E-state index in [1.54, 1.807) is 19.9 Å². The Morgan fingerprint density at radius 2 is 1.52 bits per heavy atom. The van der Waals surface area contributed by atoms with Crippen LogP contribution in [0.2, 0.25) is 19.6 Å². The second-order valence-electron chi connectivity index (χ2n) is 12.8. The first-order valence-corrected chi connectivity index (χ1v) is 18.8. The van der Waals surface area contributed by atoms with Crippen LogP contribution in [0, 0.1) is 12.1 Å². The minimum Gasteiger partial charge on any atom is -0.501 e. The third-order valence-corrected chi connectivity index (χ3v) is 9.99. The second kappa shape index (κ2) is 13.8. The van der Waals surface area contributed by atoms with Crippen molar-refractivity contribution in [1.29, 1.82) is 0 Å². The van der Waals surface area contributed by atoms with Crippen molar-refractivity contribution in [3.05, 3.63) is 127 Å². The van der Waals surface area contributed by atoms with E-state index in [2.05, 4.69) is 66.0 Å². The van der Waals surface area contributed by atoms with Crippen LogP contribution in [0.5, 0.6) is 0 Å². The van der Waals surface area contributed by atoms with Gasteiger partial charge in [-0.25, -0.2) is 0 Å². The molecule has 3 aromatic heterocycles. The zero-order valence-corrected chi connectivity index (χ0v) is 30.7. The van der Waals surface area contributed by atoms with Crippen molar-refractivity contribution in [2.45, 2.75) is 59.1 Å². The zero-order chi connectivity index (χ0) is 35.3. The Kier molecular flexibility index (Phi) is 8.53. The zero-order valence-electron chi connectivity index (χ0n) is 31.3. The van der Waals surface area contributed by atoms with Gasteiger partial charge in [0.15, 0.2) is 0 Å². The summed E-state index contributed by atoms with van der Waals surface area (Å²) in [6, 6.07) is 34.1. The Balaban J connectivity index is 0.000000204. The molecule has 5 heteroatoms. The van der Waals surface area contributed by atoms with E-state index in [0.717, 1.165) is 43.9 Å². The molecule has 0 aliphatic carbocycles. The van der Waals surface area contributed by atoms with E-state index < -0.39 is 19.9 Å². The maximum Gasteiger partial charge on any atom is 0.121 e. The van der Waals surface area contributed by atoms with E-state index in [-0.39, 0.29) is 32.3 Å². The fourth-order valence-corrected chi connectivity index (χ4v) is 7.12. The summed E-state index contributed by atoms with van der Waals surface area (Å²) in [6.45, 7) is 14.2. The van der Waals surface area contributed by atoms with Gasteiger partial charge in [-0.3, -0.25) is 0 Å². The van der Waals surface area contributed by atoms with Gasteiger partial charge in [-0.2, -0.15) is 0 Å². The van der Waals surface area contributed by atoms with Gasteiger partial charge < -0.3 is 14.4 Å². The molecule has 3 heterocycles. The number of nitrogens with zero attached hydrogens (tertiary/aromatic N) is 2. The van der Waals surface area contributed by atoms with Crippen LogP contribution in [0.25, 0.3) is 55.2 Å². The molecule has 0 aliphatic rings. The molecule has 7 rings (SSSR count). The minimum absolute atomic E-state index is 0. The fraction of sp³-hybridized carbons (Fsp3) is 0.220. The first-order chi connectivity index (χ1) is 23.0. The summed E-state index contributed by atoms with van der Waals surface area (Å²) >= 11 is 0. The van der Waals surface area contributed by atoms with E-state index in [9.17, 15) is 0 Å². The molecular weight excluding hydrogens is 757 g/mol. The molecule has 4 aromatic carbocycles. The Morgan fingerprint density at radius 1 is 0.783 bits per heavy atom. The number of pyridine rings is 2. The van der Waals surface area contributed by atoms with E-state index in [0.29, 0.717) is 22.4 Å². The van der Waals surface area contributed by atoms with Gasteiger partial charge in [-0.15, -0.1) is 54.1 Å². The van der Waals surface area contributed by atoms with Crippen molar-refractivity contribution < 1.29 is 30.0 Å². The smallest absolute Gasteiger partial charge is 0.121 e. The summed E-state index contributed by atoms with van der Waals surface area (Å²) in [7, 11) is -1.50. The first kappa shape index (κ1) is 28.3. The largest absolute Gasteiger partial charge is 0.501 e. The van der Waals surface area contributed by atoms with E-state index >= 15 is 0 Å². The van der Waals surface area contributed by atoms with Crippen molar-refractivity contribution >= 4 is 46.0 Å². The predicted octanol–water partition coefficient (Wildman–Crippen LogP) is 10.9. The molecule has 0 bridgehead atoms. The number of aromatic nitrogens is 2. The maximum absolute atomic E-state index is 8.44. The molecule has 0 saturated heterocycles. The molecule has 0 N–H and O–H groups in total. The maximum atomic E-state index is 8.44. The van der Waals surface area contributed by atoms with Gasteiger partial charge >= 0.3 is 0 Å². The Bertz CT molecular complexity index is 2320. The van der Waals surface area contributed by atoms with Crippen LogP contribution in [-0.4, -0.2) is 18.0 Å². The molecule has 7 aromatic rings. The number of rotatable bonds is 5. The molecule has 0 spiro atoms. The third-order valence-electron chi connectivity index (χ3n) is 7.98. The van der Waals surface area contributed by atoms with Crippen molar-refractivity contribution in [2.24, 2.45) is 0 Å². The number of fused-ring (bicyclic) bond motifs is 4. The molecule has 0 fully saturated rings. The van der Waals surface area contributed by atoms with Gasteiger partial charge in [-0.1, -0.05) is 106 Å². The molecule has 1 radical (unpaired) electrons. The Hall–Kier alpha value is -3.89. The van der Waals surface area contributed by atoms with Gasteiger partial charge in [0.25, 0.3) is 0 Å². The van der Waals surface area contributed by atoms with Gasteiger partial charge in [0, 0.05) is 40.6 Å². The SMILES string of the molecule is [2H]C(C)(C)c1cc(-c2[c-]cccc2)ncc1[Si](C)(C)C.[2H]c1nc(-c2[c-]ccc3c2oc2cc4ccccc4cc23)cc(C([2H])(C)C)c1[2H].[Ir]. The molecule has 0 unspecified atom stereocenters. The van der Waals surface area contributed by atoms with Crippen molar-refractivity contribution in [3.63, 3.8) is 0 Å². The summed E-state index contributed by atoms with van der Waals surface area (Å²) in [5, 5.41) is 5.48. The summed E-state index contributed by atoms with van der Waals surface area (Å²) < 4.78 is 39.2. The summed E-state index contributed by atoms with van der Waals surface area (Å²) in [4.78, 5) is 8.91. The van der Waals surface area contributed by atoms with Crippen LogP contribution in [-0.2, 0) is 20.1 Å². The van der Waals surface area contributed by atoms with Crippen molar-refractivity contribution in [1.82, 2.24) is 9.97 Å². The quantitative estimate of drug-likeness (QED) is 0.129. The second-order valence-corrected chi connectivity index (χ2v) is 17.9. The average molecular weight is 801 g/mol. The van der Waals surface area contributed by atoms with Gasteiger partial charge in [0.1, 0.15) is 5.58 Å². The number of benzene rings is 4. The summed E-state index contributed by atoms with van der Waals surface area (Å²) in [6.07, 6.45) is 1.83. The predicted molar refractivity (Wildman–Crippen MR) is 193 cm³/mol. The fourth-order valence-electron chi connectivity index (χ4n) is 5.53. The molecule has 0 aliphatic heterocycles. The monoisotopic (exact) mass is 801 g/mol. The van der Waals surface area contributed by atoms with Crippen molar-refractivity contribution in [3.8, 4) is 22.5 Å². The van der Waals surface area contributed by atoms with E-state index in [1.807, 2.05) is 74.6 Å². The van der Waals surface area contributed by atoms with Crippen LogP contribution in [0.1, 0.15) is 56.1 Å².